The Bertz CT molecular complexity index is 378. The molecule has 0 amide bonds. The largest absolute Gasteiger partial charge is 0.478 e. The van der Waals surface area contributed by atoms with Gasteiger partial charge in [-0.25, -0.2) is 4.99 Å². The maximum atomic E-state index is 9.29. The molecule has 0 aromatic heterocycles. The number of rotatable bonds is 18. The van der Waals surface area contributed by atoms with Crippen LogP contribution in [0.1, 0.15) is 96.3 Å². The van der Waals surface area contributed by atoms with Crippen LogP contribution in [0.25, 0.3) is 0 Å². The Morgan fingerprint density at radius 2 is 1.27 bits per heavy atom. The van der Waals surface area contributed by atoms with E-state index in [0.29, 0.717) is 12.5 Å². The smallest absolute Gasteiger partial charge is 0.184 e. The summed E-state index contributed by atoms with van der Waals surface area (Å²) in [5.41, 5.74) is -0.791. The number of aliphatic hydroxyl groups is 2. The second-order valence-corrected chi connectivity index (χ2v) is 7.76. The van der Waals surface area contributed by atoms with Gasteiger partial charge in [0.1, 0.15) is 12.1 Å². The molecule has 1 aliphatic heterocycles. The van der Waals surface area contributed by atoms with Crippen molar-refractivity contribution in [2.45, 2.75) is 102 Å². The van der Waals surface area contributed by atoms with Gasteiger partial charge in [0.2, 0.25) is 0 Å². The maximum absolute atomic E-state index is 9.29. The number of ether oxygens (including phenoxy) is 1. The zero-order valence-corrected chi connectivity index (χ0v) is 16.8. The molecule has 0 saturated carbocycles. The Labute approximate surface area is 160 Å². The van der Waals surface area contributed by atoms with Gasteiger partial charge < -0.3 is 14.9 Å². The molecule has 1 aliphatic rings. The molecular formula is C22H41NO3. The van der Waals surface area contributed by atoms with Crippen molar-refractivity contribution in [1.29, 1.82) is 0 Å². The highest BCUT2D eigenvalue weighted by atomic mass is 16.5. The molecule has 0 aromatic rings. The number of nitrogens with zero attached hydrogens (tertiary/aromatic N) is 1. The first-order valence-electron chi connectivity index (χ1n) is 10.8. The fraction of sp³-hybridized carbons (Fsp3) is 0.864. The zero-order valence-electron chi connectivity index (χ0n) is 16.8. The zero-order chi connectivity index (χ0) is 18.9. The average molecular weight is 368 g/mol. The van der Waals surface area contributed by atoms with E-state index in [1.165, 1.54) is 83.5 Å². The van der Waals surface area contributed by atoms with E-state index in [1.807, 2.05) is 6.08 Å². The van der Waals surface area contributed by atoms with Crippen molar-refractivity contribution in [2.75, 3.05) is 19.8 Å². The SMILES string of the molecule is C=CCCCCCCCCCCCCCCCC1=NC(CO)(CO)CO1. The van der Waals surface area contributed by atoms with Gasteiger partial charge in [0.05, 0.1) is 13.2 Å². The molecule has 4 nitrogen and oxygen atoms in total. The molecule has 0 radical (unpaired) electrons. The minimum Gasteiger partial charge on any atom is -0.478 e. The number of unbranched alkanes of at least 4 members (excludes halogenated alkanes) is 13. The highest BCUT2D eigenvalue weighted by molar-refractivity contribution is 5.78. The molecule has 0 aromatic carbocycles. The highest BCUT2D eigenvalue weighted by Crippen LogP contribution is 2.20. The van der Waals surface area contributed by atoms with Crippen molar-refractivity contribution in [3.8, 4) is 0 Å². The second kappa shape index (κ2) is 15.2. The molecule has 152 valence electrons. The Morgan fingerprint density at radius 3 is 1.69 bits per heavy atom. The van der Waals surface area contributed by atoms with Gasteiger partial charge in [-0.3, -0.25) is 0 Å². The Balaban J connectivity index is 1.82. The Morgan fingerprint density at radius 1 is 0.808 bits per heavy atom. The monoisotopic (exact) mass is 367 g/mol. The van der Waals surface area contributed by atoms with E-state index in [1.54, 1.807) is 0 Å². The van der Waals surface area contributed by atoms with Crippen molar-refractivity contribution in [3.05, 3.63) is 12.7 Å². The van der Waals surface area contributed by atoms with E-state index < -0.39 is 5.54 Å². The molecule has 0 aliphatic carbocycles. The number of aliphatic imine (C=N–C) groups is 1. The van der Waals surface area contributed by atoms with E-state index in [2.05, 4.69) is 11.6 Å². The molecule has 1 rings (SSSR count). The Hall–Kier alpha value is -0.870. The van der Waals surface area contributed by atoms with E-state index >= 15 is 0 Å². The molecule has 0 fully saturated rings. The summed E-state index contributed by atoms with van der Waals surface area (Å²) in [7, 11) is 0. The second-order valence-electron chi connectivity index (χ2n) is 7.76. The first-order chi connectivity index (χ1) is 12.8. The summed E-state index contributed by atoms with van der Waals surface area (Å²) in [6.07, 6.45) is 21.3. The lowest BCUT2D eigenvalue weighted by Crippen LogP contribution is -2.37. The molecule has 0 atom stereocenters. The summed E-state index contributed by atoms with van der Waals surface area (Å²) in [6, 6.07) is 0. The van der Waals surface area contributed by atoms with Crippen LogP contribution in [0.2, 0.25) is 0 Å². The van der Waals surface area contributed by atoms with E-state index in [9.17, 15) is 10.2 Å². The standard InChI is InChI=1S/C22H41NO3/c1-2-3-4-5-6-7-8-9-10-11-12-13-14-15-16-17-21-23-22(18-24,19-25)20-26-21/h2,24-25H,1,3-20H2. The van der Waals surface area contributed by atoms with Gasteiger partial charge in [-0.05, 0) is 19.3 Å². The third-order valence-corrected chi connectivity index (χ3v) is 5.26. The van der Waals surface area contributed by atoms with Gasteiger partial charge in [0.25, 0.3) is 0 Å². The van der Waals surface area contributed by atoms with Gasteiger partial charge in [0.15, 0.2) is 5.90 Å². The van der Waals surface area contributed by atoms with Crippen LogP contribution in [0.5, 0.6) is 0 Å². The summed E-state index contributed by atoms with van der Waals surface area (Å²) in [4.78, 5) is 4.35. The first-order valence-corrected chi connectivity index (χ1v) is 10.8. The van der Waals surface area contributed by atoms with Crippen molar-refractivity contribution in [2.24, 2.45) is 4.99 Å². The van der Waals surface area contributed by atoms with Crippen LogP contribution >= 0.6 is 0 Å². The van der Waals surface area contributed by atoms with Crippen LogP contribution in [-0.2, 0) is 4.74 Å². The molecular weight excluding hydrogens is 326 g/mol. The third-order valence-electron chi connectivity index (χ3n) is 5.26. The lowest BCUT2D eigenvalue weighted by Gasteiger charge is -2.16. The van der Waals surface area contributed by atoms with Crippen LogP contribution in [0, 0.1) is 0 Å². The fourth-order valence-electron chi connectivity index (χ4n) is 3.40. The topological polar surface area (TPSA) is 62.1 Å². The van der Waals surface area contributed by atoms with Gasteiger partial charge in [-0.1, -0.05) is 76.7 Å². The fourth-order valence-corrected chi connectivity index (χ4v) is 3.40. The van der Waals surface area contributed by atoms with Crippen molar-refractivity contribution < 1.29 is 14.9 Å². The van der Waals surface area contributed by atoms with Crippen LogP contribution < -0.4 is 0 Å². The molecule has 2 N–H and O–H groups in total. The van der Waals surface area contributed by atoms with Crippen LogP contribution in [0.15, 0.2) is 17.6 Å². The summed E-state index contributed by atoms with van der Waals surface area (Å²) in [6.45, 7) is 3.77. The molecule has 0 saturated heterocycles. The molecule has 26 heavy (non-hydrogen) atoms. The molecule has 0 spiro atoms. The lowest BCUT2D eigenvalue weighted by atomic mass is 10.0. The van der Waals surface area contributed by atoms with Crippen molar-refractivity contribution in [1.82, 2.24) is 0 Å². The van der Waals surface area contributed by atoms with E-state index in [-0.39, 0.29) is 13.2 Å². The predicted molar refractivity (Wildman–Crippen MR) is 110 cm³/mol. The Kier molecular flexibility index (Phi) is 13.6. The molecule has 1 heterocycles. The van der Waals surface area contributed by atoms with Crippen LogP contribution in [0.3, 0.4) is 0 Å². The van der Waals surface area contributed by atoms with E-state index in [4.69, 9.17) is 4.74 Å². The first kappa shape index (κ1) is 23.2. The quantitative estimate of drug-likeness (QED) is 0.259. The summed E-state index contributed by atoms with van der Waals surface area (Å²) in [5, 5.41) is 18.6. The lowest BCUT2D eigenvalue weighted by molar-refractivity contribution is 0.0972. The van der Waals surface area contributed by atoms with Crippen molar-refractivity contribution >= 4 is 5.90 Å². The maximum Gasteiger partial charge on any atom is 0.184 e. The van der Waals surface area contributed by atoms with Gasteiger partial charge >= 0.3 is 0 Å². The predicted octanol–water partition coefficient (Wildman–Crippen LogP) is 5.18. The molecule has 4 heteroatoms. The van der Waals surface area contributed by atoms with Crippen LogP contribution in [0.4, 0.5) is 0 Å². The number of aliphatic hydroxyl groups excluding tert-OH is 2. The van der Waals surface area contributed by atoms with Gasteiger partial charge in [-0.15, -0.1) is 6.58 Å². The minimum absolute atomic E-state index is 0.150. The number of hydrogen-bond donors (Lipinski definition) is 2. The number of allylic oxidation sites excluding steroid dienone is 1. The summed E-state index contributed by atoms with van der Waals surface area (Å²) < 4.78 is 5.50. The molecule has 0 bridgehead atoms. The molecule has 0 unspecified atom stereocenters. The normalized spacial score (nSPS) is 15.7. The van der Waals surface area contributed by atoms with Gasteiger partial charge in [-0.2, -0.15) is 0 Å². The third kappa shape index (κ3) is 10.3. The highest BCUT2D eigenvalue weighted by Gasteiger charge is 2.35. The van der Waals surface area contributed by atoms with Gasteiger partial charge in [0, 0.05) is 6.42 Å². The summed E-state index contributed by atoms with van der Waals surface area (Å²) in [5.74, 6) is 0.706. The minimum atomic E-state index is -0.791. The van der Waals surface area contributed by atoms with Crippen LogP contribution in [-0.4, -0.2) is 41.5 Å². The van der Waals surface area contributed by atoms with Crippen molar-refractivity contribution in [3.63, 3.8) is 0 Å². The average Bonchev–Trinajstić information content (AvgIpc) is 3.09. The van der Waals surface area contributed by atoms with E-state index in [0.717, 1.165) is 12.8 Å². The summed E-state index contributed by atoms with van der Waals surface area (Å²) >= 11 is 0. The number of hydrogen-bond acceptors (Lipinski definition) is 4.